The highest BCUT2D eigenvalue weighted by Gasteiger charge is 2.42. The van der Waals surface area contributed by atoms with Crippen molar-refractivity contribution in [2.24, 2.45) is 5.41 Å². The Bertz CT molecular complexity index is 515. The van der Waals surface area contributed by atoms with Crippen LogP contribution in [0.15, 0.2) is 17.0 Å². The third kappa shape index (κ3) is 2.44. The lowest BCUT2D eigenvalue weighted by molar-refractivity contribution is -0.136. The molecule has 0 saturated heterocycles. The lowest BCUT2D eigenvalue weighted by Gasteiger charge is -2.37. The van der Waals surface area contributed by atoms with Crippen LogP contribution in [0.3, 0.4) is 0 Å². The maximum absolute atomic E-state index is 12.9. The van der Waals surface area contributed by atoms with Crippen LogP contribution in [0, 0.1) is 5.41 Å². The van der Waals surface area contributed by atoms with Gasteiger partial charge in [-0.2, -0.15) is 0 Å². The van der Waals surface area contributed by atoms with Gasteiger partial charge in [0, 0.05) is 11.7 Å². The fraction of sp³-hybridized carbons (Fsp3) is 0.600. The molecular formula is C15H22N2O2. The molecule has 0 aliphatic carbocycles. The molecule has 0 fully saturated rings. The molecule has 0 spiro atoms. The summed E-state index contributed by atoms with van der Waals surface area (Å²) in [7, 11) is 0. The number of amides is 1. The largest absolute Gasteiger partial charge is 0.444 e. The van der Waals surface area contributed by atoms with E-state index >= 15 is 0 Å². The topological polar surface area (TPSA) is 46.3 Å². The highest BCUT2D eigenvalue weighted by molar-refractivity contribution is 5.88. The fourth-order valence-electron chi connectivity index (χ4n) is 2.41. The molecule has 2 heterocycles. The van der Waals surface area contributed by atoms with Crippen LogP contribution in [0.4, 0.5) is 0 Å². The summed E-state index contributed by atoms with van der Waals surface area (Å²) >= 11 is 0. The van der Waals surface area contributed by atoms with Crippen LogP contribution in [0.1, 0.15) is 58.9 Å². The minimum absolute atomic E-state index is 0.0731. The van der Waals surface area contributed by atoms with Gasteiger partial charge >= 0.3 is 0 Å². The van der Waals surface area contributed by atoms with E-state index in [1.54, 1.807) is 11.1 Å². The van der Waals surface area contributed by atoms with E-state index in [0.29, 0.717) is 5.76 Å². The van der Waals surface area contributed by atoms with Gasteiger partial charge in [-0.25, -0.2) is 4.98 Å². The lowest BCUT2D eigenvalue weighted by Crippen LogP contribution is -2.46. The molecular weight excluding hydrogens is 240 g/mol. The predicted molar refractivity (Wildman–Crippen MR) is 74.3 cm³/mol. The minimum atomic E-state index is -0.296. The summed E-state index contributed by atoms with van der Waals surface area (Å²) in [4.78, 5) is 18.9. The molecule has 0 aromatic carbocycles. The van der Waals surface area contributed by atoms with E-state index in [0.717, 1.165) is 5.69 Å². The zero-order valence-electron chi connectivity index (χ0n) is 12.5. The van der Waals surface area contributed by atoms with Crippen molar-refractivity contribution in [2.75, 3.05) is 0 Å². The standard InChI is InChI=1S/C15H22N2O2/c1-14(2,3)11-12-10(19-9-16-12)7-8-17(13(11)18)15(4,5)6/h7-9,11H,1-6H3. The highest BCUT2D eigenvalue weighted by atomic mass is 16.3. The maximum atomic E-state index is 12.9. The molecule has 1 aromatic rings. The number of nitrogens with zero attached hydrogens (tertiary/aromatic N) is 2. The molecule has 1 atom stereocenters. The monoisotopic (exact) mass is 262 g/mol. The average molecular weight is 262 g/mol. The van der Waals surface area contributed by atoms with Crippen LogP contribution in [-0.2, 0) is 4.79 Å². The van der Waals surface area contributed by atoms with Gasteiger partial charge in [0.1, 0.15) is 0 Å². The van der Waals surface area contributed by atoms with Crippen LogP contribution >= 0.6 is 0 Å². The van der Waals surface area contributed by atoms with Gasteiger partial charge in [0.15, 0.2) is 12.2 Å². The zero-order chi connectivity index (χ0) is 14.4. The highest BCUT2D eigenvalue weighted by Crippen LogP contribution is 2.40. The van der Waals surface area contributed by atoms with Gasteiger partial charge in [-0.15, -0.1) is 0 Å². The van der Waals surface area contributed by atoms with Crippen LogP contribution < -0.4 is 0 Å². The molecule has 0 saturated carbocycles. The van der Waals surface area contributed by atoms with E-state index in [2.05, 4.69) is 25.8 Å². The summed E-state index contributed by atoms with van der Waals surface area (Å²) in [5, 5.41) is 0. The van der Waals surface area contributed by atoms with Crippen molar-refractivity contribution in [3.63, 3.8) is 0 Å². The molecule has 1 aliphatic heterocycles. The number of carbonyl (C=O) groups excluding carboxylic acids is 1. The third-order valence-corrected chi connectivity index (χ3v) is 3.35. The van der Waals surface area contributed by atoms with E-state index in [-0.39, 0.29) is 22.8 Å². The number of hydrogen-bond donors (Lipinski definition) is 0. The van der Waals surface area contributed by atoms with E-state index in [1.165, 1.54) is 6.39 Å². The van der Waals surface area contributed by atoms with Crippen molar-refractivity contribution in [1.82, 2.24) is 9.88 Å². The number of rotatable bonds is 0. The Morgan fingerprint density at radius 3 is 2.37 bits per heavy atom. The van der Waals surface area contributed by atoms with Gasteiger partial charge in [0.2, 0.25) is 5.91 Å². The predicted octanol–water partition coefficient (Wildman–Crippen LogP) is 3.42. The quantitative estimate of drug-likeness (QED) is 0.719. The molecule has 1 amide bonds. The van der Waals surface area contributed by atoms with Crippen molar-refractivity contribution in [1.29, 1.82) is 0 Å². The number of hydrogen-bond acceptors (Lipinski definition) is 3. The van der Waals surface area contributed by atoms with Gasteiger partial charge in [-0.05, 0) is 32.3 Å². The molecule has 0 N–H and O–H groups in total. The van der Waals surface area contributed by atoms with Gasteiger partial charge in [0.25, 0.3) is 0 Å². The Morgan fingerprint density at radius 2 is 1.84 bits per heavy atom. The SMILES string of the molecule is CC(C)(C)C1C(=O)N(C(C)(C)C)C=Cc2ocnc21. The first-order valence-electron chi connectivity index (χ1n) is 6.57. The first-order chi connectivity index (χ1) is 8.62. The van der Waals surface area contributed by atoms with Crippen LogP contribution in [0.5, 0.6) is 0 Å². The van der Waals surface area contributed by atoms with Crippen LogP contribution in [-0.4, -0.2) is 21.3 Å². The molecule has 0 bridgehead atoms. The summed E-state index contributed by atoms with van der Waals surface area (Å²) in [6, 6.07) is 0. The Hall–Kier alpha value is -1.58. The molecule has 1 unspecified atom stereocenters. The molecule has 4 heteroatoms. The molecule has 1 aliphatic rings. The first kappa shape index (κ1) is 13.8. The molecule has 104 valence electrons. The Labute approximate surface area is 114 Å². The maximum Gasteiger partial charge on any atom is 0.236 e. The Balaban J connectivity index is 2.57. The second-order valence-electron chi connectivity index (χ2n) is 7.10. The smallest absolute Gasteiger partial charge is 0.236 e. The lowest BCUT2D eigenvalue weighted by atomic mass is 9.77. The zero-order valence-corrected chi connectivity index (χ0v) is 12.5. The molecule has 19 heavy (non-hydrogen) atoms. The Kier molecular flexibility index (Phi) is 3.07. The summed E-state index contributed by atoms with van der Waals surface area (Å²) in [6.45, 7) is 12.2. The molecule has 4 nitrogen and oxygen atoms in total. The molecule has 1 aromatic heterocycles. The summed E-state index contributed by atoms with van der Waals surface area (Å²) in [6.07, 6.45) is 5.04. The van der Waals surface area contributed by atoms with Crippen molar-refractivity contribution in [3.8, 4) is 0 Å². The van der Waals surface area contributed by atoms with Crippen molar-refractivity contribution >= 4 is 12.0 Å². The van der Waals surface area contributed by atoms with Gasteiger partial charge in [0.05, 0.1) is 11.6 Å². The summed E-state index contributed by atoms with van der Waals surface area (Å²) < 4.78 is 5.39. The first-order valence-corrected chi connectivity index (χ1v) is 6.57. The normalized spacial score (nSPS) is 20.4. The van der Waals surface area contributed by atoms with Gasteiger partial charge in [-0.3, -0.25) is 4.79 Å². The van der Waals surface area contributed by atoms with Crippen LogP contribution in [0.25, 0.3) is 6.08 Å². The van der Waals surface area contributed by atoms with Crippen molar-refractivity contribution in [3.05, 3.63) is 24.0 Å². The minimum Gasteiger partial charge on any atom is -0.444 e. The van der Waals surface area contributed by atoms with Gasteiger partial charge in [-0.1, -0.05) is 20.8 Å². The van der Waals surface area contributed by atoms with Crippen LogP contribution in [0.2, 0.25) is 0 Å². The second-order valence-corrected chi connectivity index (χ2v) is 7.10. The Morgan fingerprint density at radius 1 is 1.21 bits per heavy atom. The number of oxazole rings is 1. The van der Waals surface area contributed by atoms with E-state index in [9.17, 15) is 4.79 Å². The van der Waals surface area contributed by atoms with Crippen molar-refractivity contribution < 1.29 is 9.21 Å². The van der Waals surface area contributed by atoms with E-state index in [4.69, 9.17) is 4.42 Å². The van der Waals surface area contributed by atoms with Gasteiger partial charge < -0.3 is 9.32 Å². The second kappa shape index (κ2) is 4.22. The number of fused-ring (bicyclic) bond motifs is 1. The third-order valence-electron chi connectivity index (χ3n) is 3.35. The average Bonchev–Trinajstić information content (AvgIpc) is 2.57. The van der Waals surface area contributed by atoms with E-state index < -0.39 is 0 Å². The van der Waals surface area contributed by atoms with E-state index in [1.807, 2.05) is 26.8 Å². The number of carbonyl (C=O) groups is 1. The summed E-state index contributed by atoms with van der Waals surface area (Å²) in [5.41, 5.74) is 0.263. The number of aromatic nitrogens is 1. The fourth-order valence-corrected chi connectivity index (χ4v) is 2.41. The summed E-state index contributed by atoms with van der Waals surface area (Å²) in [5.74, 6) is 0.458. The molecule has 0 radical (unpaired) electrons. The van der Waals surface area contributed by atoms with Crippen molar-refractivity contribution in [2.45, 2.75) is 53.0 Å². The molecule has 2 rings (SSSR count).